The highest BCUT2D eigenvalue weighted by Crippen LogP contribution is 2.18. The molecule has 0 saturated heterocycles. The van der Waals surface area contributed by atoms with Gasteiger partial charge in [0.05, 0.1) is 17.3 Å². The molecule has 3 rings (SSSR count). The molecule has 0 aliphatic heterocycles. The summed E-state index contributed by atoms with van der Waals surface area (Å²) in [4.78, 5) is 18.7. The van der Waals surface area contributed by atoms with Crippen molar-refractivity contribution in [2.24, 2.45) is 0 Å². The fourth-order valence-electron chi connectivity index (χ4n) is 2.66. The van der Waals surface area contributed by atoms with E-state index in [9.17, 15) is 4.79 Å². The molecule has 1 heterocycles. The number of benzene rings is 2. The Morgan fingerprint density at radius 3 is 2.56 bits per heavy atom. The van der Waals surface area contributed by atoms with E-state index in [1.54, 1.807) is 12.1 Å². The van der Waals surface area contributed by atoms with E-state index in [4.69, 9.17) is 5.11 Å². The summed E-state index contributed by atoms with van der Waals surface area (Å²) < 4.78 is 0. The molecular formula is C20H21N3O2. The molecule has 3 aromatic rings. The van der Waals surface area contributed by atoms with Gasteiger partial charge in [-0.2, -0.15) is 0 Å². The second-order valence-electron chi connectivity index (χ2n) is 5.96. The number of nitrogens with zero attached hydrogens (tertiary/aromatic N) is 1. The predicted octanol–water partition coefficient (Wildman–Crippen LogP) is 3.67. The van der Waals surface area contributed by atoms with Crippen LogP contribution >= 0.6 is 0 Å². The maximum atomic E-state index is 10.9. The van der Waals surface area contributed by atoms with Gasteiger partial charge in [-0.25, -0.2) is 9.78 Å². The molecule has 5 nitrogen and oxygen atoms in total. The van der Waals surface area contributed by atoms with E-state index in [0.717, 1.165) is 35.6 Å². The maximum Gasteiger partial charge on any atom is 0.335 e. The normalized spacial score (nSPS) is 12.0. The summed E-state index contributed by atoms with van der Waals surface area (Å²) in [6.07, 6.45) is 2.75. The lowest BCUT2D eigenvalue weighted by Gasteiger charge is -2.11. The summed E-state index contributed by atoms with van der Waals surface area (Å²) in [6.45, 7) is 2.86. The van der Waals surface area contributed by atoms with Crippen LogP contribution in [0.15, 0.2) is 60.8 Å². The van der Waals surface area contributed by atoms with Crippen molar-refractivity contribution < 1.29 is 9.90 Å². The van der Waals surface area contributed by atoms with Crippen LogP contribution in [-0.4, -0.2) is 27.6 Å². The zero-order chi connectivity index (χ0) is 17.6. The predicted molar refractivity (Wildman–Crippen MR) is 97.5 cm³/mol. The van der Waals surface area contributed by atoms with Crippen molar-refractivity contribution in [3.05, 3.63) is 77.7 Å². The number of H-pyrrole nitrogens is 1. The maximum absolute atomic E-state index is 10.9. The molecule has 2 aromatic carbocycles. The molecule has 0 bridgehead atoms. The fourth-order valence-corrected chi connectivity index (χ4v) is 2.66. The average molecular weight is 335 g/mol. The highest BCUT2D eigenvalue weighted by Gasteiger charge is 2.10. The molecule has 0 fully saturated rings. The van der Waals surface area contributed by atoms with E-state index in [2.05, 4.69) is 22.2 Å². The molecule has 1 unspecified atom stereocenters. The Balaban J connectivity index is 1.53. The Hall–Kier alpha value is -2.92. The highest BCUT2D eigenvalue weighted by molar-refractivity contribution is 5.87. The number of nitrogens with one attached hydrogen (secondary N) is 2. The summed E-state index contributed by atoms with van der Waals surface area (Å²) in [5.41, 5.74) is 3.45. The Labute approximate surface area is 146 Å². The topological polar surface area (TPSA) is 78.0 Å². The molecule has 0 aliphatic rings. The van der Waals surface area contributed by atoms with Gasteiger partial charge in [0, 0.05) is 11.8 Å². The molecule has 3 N–H and O–H groups in total. The highest BCUT2D eigenvalue weighted by atomic mass is 16.4. The minimum Gasteiger partial charge on any atom is -0.478 e. The van der Waals surface area contributed by atoms with Crippen LogP contribution in [-0.2, 0) is 6.42 Å². The first kappa shape index (κ1) is 16.9. The van der Waals surface area contributed by atoms with Crippen molar-refractivity contribution in [1.29, 1.82) is 0 Å². The van der Waals surface area contributed by atoms with Gasteiger partial charge in [0.25, 0.3) is 0 Å². The van der Waals surface area contributed by atoms with Crippen LogP contribution in [0.2, 0.25) is 0 Å². The molecule has 1 aromatic heterocycles. The number of carboxylic acid groups (broad SMARTS) is 1. The van der Waals surface area contributed by atoms with Crippen molar-refractivity contribution in [2.45, 2.75) is 19.4 Å². The minimum absolute atomic E-state index is 0.107. The zero-order valence-corrected chi connectivity index (χ0v) is 14.1. The molecule has 128 valence electrons. The number of hydrogen-bond donors (Lipinski definition) is 3. The lowest BCUT2D eigenvalue weighted by Crippen LogP contribution is -2.22. The fraction of sp³-hybridized carbons (Fsp3) is 0.200. The van der Waals surface area contributed by atoms with E-state index in [0.29, 0.717) is 5.56 Å². The third-order valence-corrected chi connectivity index (χ3v) is 4.14. The monoisotopic (exact) mass is 335 g/mol. The van der Waals surface area contributed by atoms with Gasteiger partial charge in [0.15, 0.2) is 0 Å². The van der Waals surface area contributed by atoms with E-state index >= 15 is 0 Å². The number of imidazole rings is 1. The average Bonchev–Trinajstić information content (AvgIpc) is 3.13. The van der Waals surface area contributed by atoms with Crippen molar-refractivity contribution >= 4 is 5.97 Å². The van der Waals surface area contributed by atoms with Crippen LogP contribution < -0.4 is 5.32 Å². The van der Waals surface area contributed by atoms with Crippen LogP contribution in [0.1, 0.15) is 34.7 Å². The summed E-state index contributed by atoms with van der Waals surface area (Å²) in [7, 11) is 0. The lowest BCUT2D eigenvalue weighted by atomic mass is 10.1. The Bertz CT molecular complexity index is 826. The number of aromatic amines is 1. The van der Waals surface area contributed by atoms with Crippen LogP contribution in [0.3, 0.4) is 0 Å². The third kappa shape index (κ3) is 4.33. The standard InChI is InChI=1S/C20H21N3O2/c1-14(19-22-13-18(23-19)16-5-3-2-4-6-16)21-12-11-15-7-9-17(10-8-15)20(24)25/h2-10,13-14,21H,11-12H2,1H3,(H,22,23)(H,24,25). The van der Waals surface area contributed by atoms with Crippen LogP contribution in [0, 0.1) is 0 Å². The Kier molecular flexibility index (Phi) is 5.26. The minimum atomic E-state index is -0.898. The Morgan fingerprint density at radius 2 is 1.88 bits per heavy atom. The molecule has 0 aliphatic carbocycles. The molecule has 25 heavy (non-hydrogen) atoms. The molecule has 0 saturated carbocycles. The first-order valence-corrected chi connectivity index (χ1v) is 8.30. The zero-order valence-electron chi connectivity index (χ0n) is 14.1. The van der Waals surface area contributed by atoms with Gasteiger partial charge >= 0.3 is 5.97 Å². The molecule has 1 atom stereocenters. The second kappa shape index (κ2) is 7.77. The van der Waals surface area contributed by atoms with Gasteiger partial charge in [0.2, 0.25) is 0 Å². The van der Waals surface area contributed by atoms with E-state index in [1.165, 1.54) is 0 Å². The summed E-state index contributed by atoms with van der Waals surface area (Å²) >= 11 is 0. The van der Waals surface area contributed by atoms with Gasteiger partial charge in [-0.1, -0.05) is 42.5 Å². The van der Waals surface area contributed by atoms with Gasteiger partial charge < -0.3 is 15.4 Å². The van der Waals surface area contributed by atoms with Gasteiger partial charge in [-0.05, 0) is 37.6 Å². The van der Waals surface area contributed by atoms with E-state index in [-0.39, 0.29) is 6.04 Å². The van der Waals surface area contributed by atoms with Gasteiger partial charge in [-0.3, -0.25) is 0 Å². The third-order valence-electron chi connectivity index (χ3n) is 4.14. The first-order valence-electron chi connectivity index (χ1n) is 8.30. The number of aromatic nitrogens is 2. The van der Waals surface area contributed by atoms with E-state index in [1.807, 2.05) is 48.7 Å². The van der Waals surface area contributed by atoms with Crippen LogP contribution in [0.5, 0.6) is 0 Å². The van der Waals surface area contributed by atoms with Crippen LogP contribution in [0.4, 0.5) is 0 Å². The number of hydrogen-bond acceptors (Lipinski definition) is 3. The molecule has 0 amide bonds. The number of aromatic carboxylic acids is 1. The SMILES string of the molecule is CC(NCCc1ccc(C(=O)O)cc1)c1nc(-c2ccccc2)c[nH]1. The molecule has 0 spiro atoms. The molecule has 0 radical (unpaired) electrons. The van der Waals surface area contributed by atoms with Crippen LogP contribution in [0.25, 0.3) is 11.3 Å². The van der Waals surface area contributed by atoms with Gasteiger partial charge in [0.1, 0.15) is 5.82 Å². The lowest BCUT2D eigenvalue weighted by molar-refractivity contribution is 0.0697. The van der Waals surface area contributed by atoms with Gasteiger partial charge in [-0.15, -0.1) is 0 Å². The van der Waals surface area contributed by atoms with Crippen molar-refractivity contribution in [1.82, 2.24) is 15.3 Å². The van der Waals surface area contributed by atoms with Crippen molar-refractivity contribution in [3.8, 4) is 11.3 Å². The number of carboxylic acids is 1. The number of rotatable bonds is 7. The largest absolute Gasteiger partial charge is 0.478 e. The first-order chi connectivity index (χ1) is 12.1. The second-order valence-corrected chi connectivity index (χ2v) is 5.96. The summed E-state index contributed by atoms with van der Waals surface area (Å²) in [5, 5.41) is 12.4. The summed E-state index contributed by atoms with van der Waals surface area (Å²) in [5.74, 6) is 0.00501. The van der Waals surface area contributed by atoms with Crippen molar-refractivity contribution in [3.63, 3.8) is 0 Å². The Morgan fingerprint density at radius 1 is 1.16 bits per heavy atom. The molecule has 5 heteroatoms. The molecular weight excluding hydrogens is 314 g/mol. The van der Waals surface area contributed by atoms with Crippen molar-refractivity contribution in [2.75, 3.05) is 6.54 Å². The quantitative estimate of drug-likeness (QED) is 0.615. The van der Waals surface area contributed by atoms with E-state index < -0.39 is 5.97 Å². The summed E-state index contributed by atoms with van der Waals surface area (Å²) in [6, 6.07) is 17.2. The smallest absolute Gasteiger partial charge is 0.335 e. The number of carbonyl (C=O) groups is 1.